The fourth-order valence-electron chi connectivity index (χ4n) is 2.79. The van der Waals surface area contributed by atoms with E-state index in [9.17, 15) is 0 Å². The second-order valence-corrected chi connectivity index (χ2v) is 6.18. The molecule has 146 valence electrons. The number of guanidine groups is 1. The van der Waals surface area contributed by atoms with Crippen LogP contribution in [0.15, 0.2) is 71.9 Å². The summed E-state index contributed by atoms with van der Waals surface area (Å²) in [6.45, 7) is 6.61. The molecule has 0 aliphatic heterocycles. The van der Waals surface area contributed by atoms with Gasteiger partial charge in [-0.25, -0.2) is 9.67 Å². The van der Waals surface area contributed by atoms with Gasteiger partial charge in [0.2, 0.25) is 0 Å². The number of hydrogen-bond acceptors (Lipinski definition) is 3. The molecule has 0 spiro atoms. The van der Waals surface area contributed by atoms with Crippen LogP contribution in [0.1, 0.15) is 25.1 Å². The lowest BCUT2D eigenvalue weighted by Gasteiger charge is -2.12. The molecular weight excluding hydrogens is 350 g/mol. The molecule has 0 radical (unpaired) electrons. The van der Waals surface area contributed by atoms with Crippen LogP contribution in [0.5, 0.6) is 5.75 Å². The predicted octanol–water partition coefficient (Wildman–Crippen LogP) is 3.53. The maximum Gasteiger partial charge on any atom is 0.191 e. The van der Waals surface area contributed by atoms with Gasteiger partial charge in [-0.05, 0) is 38.1 Å². The fraction of sp³-hybridized carbons (Fsp3) is 0.273. The minimum atomic E-state index is 0.546. The Morgan fingerprint density at radius 3 is 2.57 bits per heavy atom. The topological polar surface area (TPSA) is 63.5 Å². The Bertz CT molecular complexity index is 889. The van der Waals surface area contributed by atoms with Crippen LogP contribution in [0, 0.1) is 0 Å². The number of para-hydroxylation sites is 2. The van der Waals surface area contributed by atoms with Crippen molar-refractivity contribution in [3.05, 3.63) is 78.1 Å². The number of ether oxygens (including phenoxy) is 1. The SMILES string of the molecule is CCNC(=NCc1ccccc1OCC)NCc1ccn(-c2ccccc2)n1. The lowest BCUT2D eigenvalue weighted by molar-refractivity contribution is 0.336. The van der Waals surface area contributed by atoms with Crippen LogP contribution >= 0.6 is 0 Å². The third kappa shape index (κ3) is 5.36. The Labute approximate surface area is 166 Å². The summed E-state index contributed by atoms with van der Waals surface area (Å²) in [6, 6.07) is 20.1. The van der Waals surface area contributed by atoms with E-state index in [4.69, 9.17) is 4.74 Å². The maximum absolute atomic E-state index is 5.68. The van der Waals surface area contributed by atoms with Gasteiger partial charge in [0.25, 0.3) is 0 Å². The lowest BCUT2D eigenvalue weighted by Crippen LogP contribution is -2.36. The van der Waals surface area contributed by atoms with Gasteiger partial charge in [-0.1, -0.05) is 36.4 Å². The molecule has 2 N–H and O–H groups in total. The van der Waals surface area contributed by atoms with E-state index in [0.29, 0.717) is 19.7 Å². The van der Waals surface area contributed by atoms with Crippen molar-refractivity contribution in [2.45, 2.75) is 26.9 Å². The highest BCUT2D eigenvalue weighted by atomic mass is 16.5. The van der Waals surface area contributed by atoms with Gasteiger partial charge >= 0.3 is 0 Å². The van der Waals surface area contributed by atoms with Gasteiger partial charge in [-0.15, -0.1) is 0 Å². The van der Waals surface area contributed by atoms with Crippen molar-refractivity contribution in [3.8, 4) is 11.4 Å². The first kappa shape index (κ1) is 19.5. The number of nitrogens with zero attached hydrogens (tertiary/aromatic N) is 3. The van der Waals surface area contributed by atoms with E-state index in [1.54, 1.807) is 0 Å². The van der Waals surface area contributed by atoms with Gasteiger partial charge in [0.1, 0.15) is 5.75 Å². The van der Waals surface area contributed by atoms with E-state index >= 15 is 0 Å². The molecule has 0 atom stereocenters. The number of benzene rings is 2. The zero-order chi connectivity index (χ0) is 19.6. The third-order valence-corrected chi connectivity index (χ3v) is 4.13. The Kier molecular flexibility index (Phi) is 7.07. The summed E-state index contributed by atoms with van der Waals surface area (Å²) >= 11 is 0. The largest absolute Gasteiger partial charge is 0.494 e. The van der Waals surface area contributed by atoms with Gasteiger partial charge in [0, 0.05) is 18.3 Å². The molecule has 0 amide bonds. The first-order chi connectivity index (χ1) is 13.8. The quantitative estimate of drug-likeness (QED) is 0.466. The van der Waals surface area contributed by atoms with E-state index in [2.05, 4.69) is 27.6 Å². The molecule has 2 aromatic carbocycles. The van der Waals surface area contributed by atoms with Crippen molar-refractivity contribution in [2.24, 2.45) is 4.99 Å². The van der Waals surface area contributed by atoms with Crippen molar-refractivity contribution in [3.63, 3.8) is 0 Å². The summed E-state index contributed by atoms with van der Waals surface area (Å²) in [5.41, 5.74) is 3.06. The zero-order valence-corrected chi connectivity index (χ0v) is 16.4. The van der Waals surface area contributed by atoms with Gasteiger partial charge < -0.3 is 15.4 Å². The Morgan fingerprint density at radius 1 is 1.00 bits per heavy atom. The van der Waals surface area contributed by atoms with Crippen LogP contribution in [0.2, 0.25) is 0 Å². The second kappa shape index (κ2) is 10.2. The highest BCUT2D eigenvalue weighted by Gasteiger charge is 2.05. The molecule has 28 heavy (non-hydrogen) atoms. The molecule has 0 saturated heterocycles. The Hall–Kier alpha value is -3.28. The van der Waals surface area contributed by atoms with Crippen molar-refractivity contribution in [1.29, 1.82) is 0 Å². The summed E-state index contributed by atoms with van der Waals surface area (Å²) in [5.74, 6) is 1.63. The number of aliphatic imine (C=N–C) groups is 1. The molecule has 6 heteroatoms. The van der Waals surface area contributed by atoms with Crippen molar-refractivity contribution in [2.75, 3.05) is 13.2 Å². The standard InChI is InChI=1S/C22H27N5O/c1-3-23-22(24-16-18-10-8-9-13-21(18)28-4-2)25-17-19-14-15-27(26-19)20-11-6-5-7-12-20/h5-15H,3-4,16-17H2,1-2H3,(H2,23,24,25). The second-order valence-electron chi connectivity index (χ2n) is 6.18. The number of hydrogen-bond donors (Lipinski definition) is 2. The third-order valence-electron chi connectivity index (χ3n) is 4.13. The summed E-state index contributed by atoms with van der Waals surface area (Å²) in [5, 5.41) is 11.2. The average molecular weight is 377 g/mol. The highest BCUT2D eigenvalue weighted by Crippen LogP contribution is 2.18. The van der Waals surface area contributed by atoms with Crippen LogP contribution in [0.4, 0.5) is 0 Å². The molecule has 6 nitrogen and oxygen atoms in total. The van der Waals surface area contributed by atoms with E-state index in [1.807, 2.05) is 78.5 Å². The van der Waals surface area contributed by atoms with Crippen molar-refractivity contribution >= 4 is 5.96 Å². The van der Waals surface area contributed by atoms with E-state index < -0.39 is 0 Å². The summed E-state index contributed by atoms with van der Waals surface area (Å²) in [4.78, 5) is 4.69. The molecule has 1 aromatic heterocycles. The highest BCUT2D eigenvalue weighted by molar-refractivity contribution is 5.79. The molecule has 0 unspecified atom stereocenters. The normalized spacial score (nSPS) is 11.3. The van der Waals surface area contributed by atoms with Gasteiger partial charge in [-0.2, -0.15) is 5.10 Å². The van der Waals surface area contributed by atoms with Gasteiger partial charge in [0.05, 0.1) is 31.1 Å². The lowest BCUT2D eigenvalue weighted by atomic mass is 10.2. The Balaban J connectivity index is 1.64. The van der Waals surface area contributed by atoms with Crippen molar-refractivity contribution < 1.29 is 4.74 Å². The smallest absolute Gasteiger partial charge is 0.191 e. The maximum atomic E-state index is 5.68. The summed E-state index contributed by atoms with van der Waals surface area (Å²) in [7, 11) is 0. The minimum absolute atomic E-state index is 0.546. The molecule has 3 aromatic rings. The zero-order valence-electron chi connectivity index (χ0n) is 16.4. The molecule has 0 aliphatic carbocycles. The van der Waals surface area contributed by atoms with E-state index in [0.717, 1.165) is 35.2 Å². The van der Waals surface area contributed by atoms with Crippen LogP contribution in [-0.4, -0.2) is 28.9 Å². The first-order valence-electron chi connectivity index (χ1n) is 9.63. The molecule has 1 heterocycles. The van der Waals surface area contributed by atoms with Crippen LogP contribution in [0.3, 0.4) is 0 Å². The monoisotopic (exact) mass is 377 g/mol. The number of aromatic nitrogens is 2. The molecular formula is C22H27N5O. The minimum Gasteiger partial charge on any atom is -0.494 e. The number of rotatable bonds is 8. The summed E-state index contributed by atoms with van der Waals surface area (Å²) < 4.78 is 7.55. The van der Waals surface area contributed by atoms with Crippen molar-refractivity contribution in [1.82, 2.24) is 20.4 Å². The number of nitrogens with one attached hydrogen (secondary N) is 2. The predicted molar refractivity (Wildman–Crippen MR) is 113 cm³/mol. The average Bonchev–Trinajstić information content (AvgIpc) is 3.21. The molecule has 0 saturated carbocycles. The van der Waals surface area contributed by atoms with Gasteiger partial charge in [-0.3, -0.25) is 0 Å². The van der Waals surface area contributed by atoms with Gasteiger partial charge in [0.15, 0.2) is 5.96 Å². The molecule has 0 fully saturated rings. The van der Waals surface area contributed by atoms with Crippen LogP contribution in [-0.2, 0) is 13.1 Å². The molecule has 0 aliphatic rings. The molecule has 3 rings (SSSR count). The summed E-state index contributed by atoms with van der Waals surface area (Å²) in [6.07, 6.45) is 1.97. The first-order valence-corrected chi connectivity index (χ1v) is 9.63. The molecule has 0 bridgehead atoms. The van der Waals surface area contributed by atoms with Crippen LogP contribution < -0.4 is 15.4 Å². The Morgan fingerprint density at radius 2 is 1.79 bits per heavy atom. The van der Waals surface area contributed by atoms with Crippen LogP contribution in [0.25, 0.3) is 5.69 Å². The fourth-order valence-corrected chi connectivity index (χ4v) is 2.79. The van der Waals surface area contributed by atoms with E-state index in [-0.39, 0.29) is 0 Å². The van der Waals surface area contributed by atoms with E-state index in [1.165, 1.54) is 0 Å².